The Morgan fingerprint density at radius 2 is 2.03 bits per heavy atom. The highest BCUT2D eigenvalue weighted by molar-refractivity contribution is 7.18. The van der Waals surface area contributed by atoms with Crippen molar-refractivity contribution in [2.75, 3.05) is 30.1 Å². The van der Waals surface area contributed by atoms with Crippen molar-refractivity contribution in [2.24, 2.45) is 5.92 Å². The van der Waals surface area contributed by atoms with E-state index in [1.807, 2.05) is 18.2 Å². The number of carboxylic acid groups (broad SMARTS) is 1. The minimum Gasteiger partial charge on any atom is -0.481 e. The average molecular weight is 441 g/mol. The van der Waals surface area contributed by atoms with Crippen LogP contribution in [0.4, 0.5) is 11.8 Å². The Bertz CT molecular complexity index is 1120. The Morgan fingerprint density at radius 1 is 1.23 bits per heavy atom. The first-order valence-corrected chi connectivity index (χ1v) is 11.3. The predicted molar refractivity (Wildman–Crippen MR) is 119 cm³/mol. The molecule has 4 heterocycles. The number of aliphatic carboxylic acids is 1. The van der Waals surface area contributed by atoms with E-state index in [-0.39, 0.29) is 12.7 Å². The van der Waals surface area contributed by atoms with E-state index in [0.29, 0.717) is 38.4 Å². The lowest BCUT2D eigenvalue weighted by Gasteiger charge is -2.30. The normalized spacial score (nSPS) is 16.1. The third-order valence-electron chi connectivity index (χ3n) is 5.80. The van der Waals surface area contributed by atoms with Crippen molar-refractivity contribution in [3.63, 3.8) is 0 Å². The number of piperidine rings is 1. The van der Waals surface area contributed by atoms with E-state index in [2.05, 4.69) is 23.2 Å². The Kier molecular flexibility index (Phi) is 5.27. The zero-order chi connectivity index (χ0) is 21.4. The summed E-state index contributed by atoms with van der Waals surface area (Å²) in [5, 5.41) is 13.8. The van der Waals surface area contributed by atoms with Crippen LogP contribution in [0.1, 0.15) is 30.2 Å². The number of anilines is 2. The SMILES string of the molecule is CCc1cc2c(NCc3ccc4c(c3)OCO4)nc(N3CCC(C(=O)O)CC3)nc2s1. The first kappa shape index (κ1) is 19.9. The van der Waals surface area contributed by atoms with Crippen molar-refractivity contribution in [1.82, 2.24) is 9.97 Å². The molecule has 0 radical (unpaired) electrons. The summed E-state index contributed by atoms with van der Waals surface area (Å²) in [7, 11) is 0. The molecule has 162 valence electrons. The lowest BCUT2D eigenvalue weighted by atomic mass is 9.97. The number of carbonyl (C=O) groups is 1. The predicted octanol–water partition coefficient (Wildman–Crippen LogP) is 3.90. The summed E-state index contributed by atoms with van der Waals surface area (Å²) in [4.78, 5) is 25.2. The van der Waals surface area contributed by atoms with Gasteiger partial charge in [0.25, 0.3) is 0 Å². The number of carboxylic acids is 1. The molecule has 0 aliphatic carbocycles. The smallest absolute Gasteiger partial charge is 0.306 e. The van der Waals surface area contributed by atoms with E-state index in [4.69, 9.17) is 19.4 Å². The molecule has 0 bridgehead atoms. The number of aryl methyl sites for hydroxylation is 1. The number of hydrogen-bond acceptors (Lipinski definition) is 8. The number of thiophene rings is 1. The molecule has 1 fully saturated rings. The van der Waals surface area contributed by atoms with Gasteiger partial charge in [-0.2, -0.15) is 4.98 Å². The first-order valence-electron chi connectivity index (χ1n) is 10.5. The zero-order valence-electron chi connectivity index (χ0n) is 17.3. The van der Waals surface area contributed by atoms with E-state index in [1.54, 1.807) is 11.3 Å². The Labute approximate surface area is 183 Å². The van der Waals surface area contributed by atoms with Gasteiger partial charge in [-0.15, -0.1) is 11.3 Å². The Hall–Kier alpha value is -3.07. The quantitative estimate of drug-likeness (QED) is 0.596. The number of hydrogen-bond donors (Lipinski definition) is 2. The maximum atomic E-state index is 11.3. The van der Waals surface area contributed by atoms with Crippen LogP contribution in [0.2, 0.25) is 0 Å². The van der Waals surface area contributed by atoms with Crippen LogP contribution in [0.25, 0.3) is 10.2 Å². The summed E-state index contributed by atoms with van der Waals surface area (Å²) in [5.41, 5.74) is 1.07. The van der Waals surface area contributed by atoms with Crippen molar-refractivity contribution in [3.05, 3.63) is 34.7 Å². The number of nitrogens with one attached hydrogen (secondary N) is 1. The molecule has 8 nitrogen and oxygen atoms in total. The van der Waals surface area contributed by atoms with Crippen molar-refractivity contribution in [1.29, 1.82) is 0 Å². The molecule has 0 spiro atoms. The van der Waals surface area contributed by atoms with Gasteiger partial charge in [-0.05, 0) is 43.0 Å². The highest BCUT2D eigenvalue weighted by atomic mass is 32.1. The maximum Gasteiger partial charge on any atom is 0.306 e. The van der Waals surface area contributed by atoms with E-state index in [1.165, 1.54) is 4.88 Å². The molecule has 0 unspecified atom stereocenters. The summed E-state index contributed by atoms with van der Waals surface area (Å²) >= 11 is 1.68. The second-order valence-corrected chi connectivity index (χ2v) is 8.91. The first-order chi connectivity index (χ1) is 15.1. The number of rotatable bonds is 6. The third kappa shape index (κ3) is 3.97. The molecule has 0 atom stereocenters. The van der Waals surface area contributed by atoms with Crippen LogP contribution >= 0.6 is 11.3 Å². The second kappa shape index (κ2) is 8.22. The van der Waals surface area contributed by atoms with Crippen molar-refractivity contribution in [3.8, 4) is 11.5 Å². The highest BCUT2D eigenvalue weighted by Crippen LogP contribution is 2.34. The molecule has 5 rings (SSSR count). The lowest BCUT2D eigenvalue weighted by molar-refractivity contribution is -0.142. The summed E-state index contributed by atoms with van der Waals surface area (Å²) in [6.07, 6.45) is 2.17. The number of nitrogens with zero attached hydrogens (tertiary/aromatic N) is 3. The number of fused-ring (bicyclic) bond motifs is 2. The molecule has 2 aliphatic heterocycles. The fourth-order valence-corrected chi connectivity index (χ4v) is 4.94. The van der Waals surface area contributed by atoms with Crippen molar-refractivity contribution < 1.29 is 19.4 Å². The van der Waals surface area contributed by atoms with Gasteiger partial charge in [0, 0.05) is 24.5 Å². The molecule has 0 amide bonds. The highest BCUT2D eigenvalue weighted by Gasteiger charge is 2.26. The van der Waals surface area contributed by atoms with E-state index in [9.17, 15) is 9.90 Å². The molecule has 2 aliphatic rings. The molecule has 9 heteroatoms. The standard InChI is InChI=1S/C22H24N4O4S/c1-2-15-10-16-19(23-11-13-3-4-17-18(9-13)30-12-29-17)24-22(25-20(16)31-15)26-7-5-14(6-8-26)21(27)28/h3-4,9-10,14H,2,5-8,11-12H2,1H3,(H,27,28)(H,23,24,25). The maximum absolute atomic E-state index is 11.3. The number of ether oxygens (including phenoxy) is 2. The molecular weight excluding hydrogens is 416 g/mol. The second-order valence-electron chi connectivity index (χ2n) is 7.80. The molecule has 1 saturated heterocycles. The molecule has 2 aromatic heterocycles. The Morgan fingerprint density at radius 3 is 2.81 bits per heavy atom. The Balaban J connectivity index is 1.41. The topological polar surface area (TPSA) is 96.8 Å². The molecular formula is C22H24N4O4S. The van der Waals surface area contributed by atoms with Crippen LogP contribution in [0.5, 0.6) is 11.5 Å². The molecule has 31 heavy (non-hydrogen) atoms. The van der Waals surface area contributed by atoms with Gasteiger partial charge < -0.3 is 24.8 Å². The van der Waals surface area contributed by atoms with Gasteiger partial charge in [0.05, 0.1) is 11.3 Å². The van der Waals surface area contributed by atoms with Gasteiger partial charge >= 0.3 is 5.97 Å². The number of aromatic nitrogens is 2. The van der Waals surface area contributed by atoms with Crippen molar-refractivity contribution in [2.45, 2.75) is 32.7 Å². The zero-order valence-corrected chi connectivity index (χ0v) is 18.1. The van der Waals surface area contributed by atoms with Gasteiger partial charge in [0.1, 0.15) is 10.6 Å². The lowest BCUT2D eigenvalue weighted by Crippen LogP contribution is -2.37. The average Bonchev–Trinajstić information content (AvgIpc) is 3.43. The van der Waals surface area contributed by atoms with Gasteiger partial charge in [0.2, 0.25) is 12.7 Å². The van der Waals surface area contributed by atoms with Crippen LogP contribution < -0.4 is 19.7 Å². The van der Waals surface area contributed by atoms with Crippen LogP contribution in [0.15, 0.2) is 24.3 Å². The van der Waals surface area contributed by atoms with Crippen LogP contribution in [0.3, 0.4) is 0 Å². The fraction of sp³-hybridized carbons (Fsp3) is 0.409. The molecule has 3 aromatic rings. The van der Waals surface area contributed by atoms with Gasteiger partial charge in [-0.3, -0.25) is 4.79 Å². The minimum atomic E-state index is -0.715. The van der Waals surface area contributed by atoms with Crippen LogP contribution in [0, 0.1) is 5.92 Å². The summed E-state index contributed by atoms with van der Waals surface area (Å²) in [6, 6.07) is 8.08. The van der Waals surface area contributed by atoms with Crippen LogP contribution in [-0.2, 0) is 17.8 Å². The summed E-state index contributed by atoms with van der Waals surface area (Å²) in [5.74, 6) is 2.00. The van der Waals surface area contributed by atoms with Gasteiger partial charge in [0.15, 0.2) is 11.5 Å². The monoisotopic (exact) mass is 440 g/mol. The van der Waals surface area contributed by atoms with E-state index >= 15 is 0 Å². The van der Waals surface area contributed by atoms with Crippen molar-refractivity contribution >= 4 is 39.3 Å². The van der Waals surface area contributed by atoms with Gasteiger partial charge in [-0.25, -0.2) is 4.98 Å². The fourth-order valence-electron chi connectivity index (χ4n) is 3.97. The molecule has 0 saturated carbocycles. The summed E-state index contributed by atoms with van der Waals surface area (Å²) in [6.45, 7) is 4.29. The van der Waals surface area contributed by atoms with E-state index < -0.39 is 5.97 Å². The number of benzene rings is 1. The molecule has 2 N–H and O–H groups in total. The third-order valence-corrected chi connectivity index (χ3v) is 6.98. The molecule has 1 aromatic carbocycles. The summed E-state index contributed by atoms with van der Waals surface area (Å²) < 4.78 is 10.9. The van der Waals surface area contributed by atoms with E-state index in [0.717, 1.165) is 39.5 Å². The minimum absolute atomic E-state index is 0.259. The van der Waals surface area contributed by atoms with Gasteiger partial charge in [-0.1, -0.05) is 13.0 Å². The van der Waals surface area contributed by atoms with Crippen LogP contribution in [-0.4, -0.2) is 40.9 Å². The largest absolute Gasteiger partial charge is 0.481 e.